The van der Waals surface area contributed by atoms with Gasteiger partial charge >= 0.3 is 0 Å². The van der Waals surface area contributed by atoms with Crippen LogP contribution in [-0.2, 0) is 6.54 Å². The summed E-state index contributed by atoms with van der Waals surface area (Å²) in [5, 5.41) is 7.09. The first-order chi connectivity index (χ1) is 11.8. The van der Waals surface area contributed by atoms with Crippen molar-refractivity contribution in [3.63, 3.8) is 0 Å². The number of aromatic amines is 1. The lowest BCUT2D eigenvalue weighted by molar-refractivity contribution is 0.171. The molecule has 0 unspecified atom stereocenters. The maximum absolute atomic E-state index is 5.61. The Bertz CT molecular complexity index is 906. The van der Waals surface area contributed by atoms with E-state index < -0.39 is 0 Å². The van der Waals surface area contributed by atoms with Crippen molar-refractivity contribution in [1.82, 2.24) is 19.9 Å². The highest BCUT2D eigenvalue weighted by molar-refractivity contribution is 7.71. The summed E-state index contributed by atoms with van der Waals surface area (Å²) in [6.45, 7) is 1.73. The second-order valence-corrected chi connectivity index (χ2v) is 5.62. The molecule has 0 spiro atoms. The molecule has 1 aromatic carbocycles. The largest absolute Gasteiger partial charge is 0.486 e. The number of pyridine rings is 1. The standard InChI is InChI=1S/C16H15N5O2S/c24-16-20-19-15(12-3-5-17-6-4-12)21(16)18-10-11-1-2-13-14(9-11)23-8-7-22-13/h1-6,9,18H,7-8,10H2,(H,20,24). The number of nitrogens with one attached hydrogen (secondary N) is 2. The van der Waals surface area contributed by atoms with Crippen LogP contribution in [0, 0.1) is 4.77 Å². The van der Waals surface area contributed by atoms with Crippen molar-refractivity contribution in [2.75, 3.05) is 18.6 Å². The van der Waals surface area contributed by atoms with Gasteiger partial charge in [0.25, 0.3) is 0 Å². The van der Waals surface area contributed by atoms with Gasteiger partial charge in [0.2, 0.25) is 4.77 Å². The molecule has 0 amide bonds. The van der Waals surface area contributed by atoms with E-state index in [2.05, 4.69) is 20.6 Å². The molecular formula is C16H15N5O2S. The van der Waals surface area contributed by atoms with Gasteiger partial charge in [0, 0.05) is 18.0 Å². The summed E-state index contributed by atoms with van der Waals surface area (Å²) < 4.78 is 13.4. The van der Waals surface area contributed by atoms with Crippen molar-refractivity contribution in [2.45, 2.75) is 6.54 Å². The third-order valence-corrected chi connectivity index (χ3v) is 3.93. The van der Waals surface area contributed by atoms with Crippen LogP contribution in [0.4, 0.5) is 0 Å². The Morgan fingerprint density at radius 3 is 2.75 bits per heavy atom. The lowest BCUT2D eigenvalue weighted by atomic mass is 10.2. The van der Waals surface area contributed by atoms with Gasteiger partial charge in [-0.2, -0.15) is 5.10 Å². The van der Waals surface area contributed by atoms with E-state index in [4.69, 9.17) is 21.7 Å². The molecule has 0 atom stereocenters. The Kier molecular flexibility index (Phi) is 3.87. The van der Waals surface area contributed by atoms with Crippen LogP contribution in [0.5, 0.6) is 11.5 Å². The Morgan fingerprint density at radius 1 is 1.12 bits per heavy atom. The topological polar surface area (TPSA) is 77.0 Å². The predicted octanol–water partition coefficient (Wildman–Crippen LogP) is 2.52. The molecule has 2 aromatic heterocycles. The Labute approximate surface area is 143 Å². The van der Waals surface area contributed by atoms with Gasteiger partial charge in [0.05, 0.1) is 6.54 Å². The molecule has 24 heavy (non-hydrogen) atoms. The summed E-state index contributed by atoms with van der Waals surface area (Å²) in [5.74, 6) is 2.26. The fourth-order valence-corrected chi connectivity index (χ4v) is 2.70. The predicted molar refractivity (Wildman–Crippen MR) is 91.1 cm³/mol. The molecule has 0 bridgehead atoms. The number of hydrogen-bond donors (Lipinski definition) is 2. The Balaban J connectivity index is 1.56. The summed E-state index contributed by atoms with van der Waals surface area (Å²) >= 11 is 5.31. The highest BCUT2D eigenvalue weighted by Gasteiger charge is 2.12. The van der Waals surface area contributed by atoms with Gasteiger partial charge in [-0.15, -0.1) is 0 Å². The molecule has 8 heteroatoms. The van der Waals surface area contributed by atoms with Gasteiger partial charge in [-0.1, -0.05) is 6.07 Å². The molecular weight excluding hydrogens is 326 g/mol. The molecule has 7 nitrogen and oxygen atoms in total. The van der Waals surface area contributed by atoms with E-state index in [1.54, 1.807) is 17.1 Å². The number of rotatable bonds is 4. The Hall–Kier alpha value is -2.87. The first kappa shape index (κ1) is 14.7. The zero-order valence-corrected chi connectivity index (χ0v) is 13.5. The molecule has 4 rings (SSSR count). The van der Waals surface area contributed by atoms with Crippen LogP contribution in [0.25, 0.3) is 11.4 Å². The normalized spacial score (nSPS) is 12.8. The zero-order chi connectivity index (χ0) is 16.4. The summed E-state index contributed by atoms with van der Waals surface area (Å²) in [4.78, 5) is 4.02. The summed E-state index contributed by atoms with van der Waals surface area (Å²) in [5.41, 5.74) is 5.27. The van der Waals surface area contributed by atoms with Gasteiger partial charge in [-0.3, -0.25) is 4.98 Å². The van der Waals surface area contributed by atoms with Crippen molar-refractivity contribution in [3.05, 3.63) is 53.1 Å². The van der Waals surface area contributed by atoms with E-state index in [9.17, 15) is 0 Å². The number of nitrogens with zero attached hydrogens (tertiary/aromatic N) is 3. The number of ether oxygens (including phenoxy) is 2. The van der Waals surface area contributed by atoms with E-state index in [1.807, 2.05) is 30.3 Å². The number of hydrogen-bond acceptors (Lipinski definition) is 6. The molecule has 122 valence electrons. The zero-order valence-electron chi connectivity index (χ0n) is 12.7. The van der Waals surface area contributed by atoms with Crippen LogP contribution in [0.2, 0.25) is 0 Å². The monoisotopic (exact) mass is 341 g/mol. The lowest BCUT2D eigenvalue weighted by Gasteiger charge is -2.19. The highest BCUT2D eigenvalue weighted by Crippen LogP contribution is 2.30. The quantitative estimate of drug-likeness (QED) is 0.710. The molecule has 3 heterocycles. The molecule has 0 radical (unpaired) electrons. The van der Waals surface area contributed by atoms with Gasteiger partial charge in [0.1, 0.15) is 13.2 Å². The fourth-order valence-electron chi connectivity index (χ4n) is 2.51. The van der Waals surface area contributed by atoms with Crippen LogP contribution >= 0.6 is 12.2 Å². The number of aromatic nitrogens is 4. The van der Waals surface area contributed by atoms with E-state index in [0.717, 1.165) is 22.6 Å². The molecule has 0 fully saturated rings. The summed E-state index contributed by atoms with van der Waals surface area (Å²) in [6.07, 6.45) is 3.44. The van der Waals surface area contributed by atoms with Crippen LogP contribution in [0.1, 0.15) is 5.56 Å². The molecule has 1 aliphatic rings. The molecule has 0 saturated carbocycles. The van der Waals surface area contributed by atoms with E-state index in [0.29, 0.717) is 30.4 Å². The molecule has 1 aliphatic heterocycles. The molecule has 3 aromatic rings. The average Bonchev–Trinajstić information content (AvgIpc) is 3.01. The van der Waals surface area contributed by atoms with Crippen LogP contribution in [0.15, 0.2) is 42.7 Å². The number of benzene rings is 1. The number of fused-ring (bicyclic) bond motifs is 1. The molecule has 2 N–H and O–H groups in total. The second-order valence-electron chi connectivity index (χ2n) is 5.24. The minimum atomic E-state index is 0.499. The van der Waals surface area contributed by atoms with Crippen molar-refractivity contribution in [1.29, 1.82) is 0 Å². The minimum Gasteiger partial charge on any atom is -0.486 e. The minimum absolute atomic E-state index is 0.499. The fraction of sp³-hybridized carbons (Fsp3) is 0.188. The smallest absolute Gasteiger partial charge is 0.214 e. The SMILES string of the molecule is S=c1[nH]nc(-c2ccncc2)n1NCc1ccc2c(c1)OCCO2. The van der Waals surface area contributed by atoms with Crippen molar-refractivity contribution < 1.29 is 9.47 Å². The average molecular weight is 341 g/mol. The van der Waals surface area contributed by atoms with Gasteiger partial charge < -0.3 is 14.9 Å². The van der Waals surface area contributed by atoms with Crippen molar-refractivity contribution in [2.24, 2.45) is 0 Å². The van der Waals surface area contributed by atoms with E-state index in [1.165, 1.54) is 0 Å². The van der Waals surface area contributed by atoms with Crippen LogP contribution < -0.4 is 14.9 Å². The molecule has 0 saturated heterocycles. The molecule has 0 aliphatic carbocycles. The number of H-pyrrole nitrogens is 1. The van der Waals surface area contributed by atoms with E-state index in [-0.39, 0.29) is 0 Å². The third kappa shape index (κ3) is 2.83. The van der Waals surface area contributed by atoms with Crippen molar-refractivity contribution >= 4 is 12.2 Å². The van der Waals surface area contributed by atoms with Gasteiger partial charge in [0.15, 0.2) is 17.3 Å². The third-order valence-electron chi connectivity index (χ3n) is 3.66. The van der Waals surface area contributed by atoms with Gasteiger partial charge in [-0.25, -0.2) is 9.77 Å². The second kappa shape index (κ2) is 6.32. The Morgan fingerprint density at radius 2 is 1.92 bits per heavy atom. The first-order valence-corrected chi connectivity index (χ1v) is 7.92. The first-order valence-electron chi connectivity index (χ1n) is 7.51. The summed E-state index contributed by atoms with van der Waals surface area (Å²) in [7, 11) is 0. The lowest BCUT2D eigenvalue weighted by Crippen LogP contribution is -2.17. The van der Waals surface area contributed by atoms with Crippen LogP contribution in [0.3, 0.4) is 0 Å². The van der Waals surface area contributed by atoms with Crippen molar-refractivity contribution in [3.8, 4) is 22.9 Å². The maximum atomic E-state index is 5.61. The highest BCUT2D eigenvalue weighted by atomic mass is 32.1. The van der Waals surface area contributed by atoms with Crippen LogP contribution in [-0.4, -0.2) is 33.1 Å². The van der Waals surface area contributed by atoms with Gasteiger partial charge in [-0.05, 0) is 42.0 Å². The summed E-state index contributed by atoms with van der Waals surface area (Å²) in [6, 6.07) is 9.65. The maximum Gasteiger partial charge on any atom is 0.214 e. The van der Waals surface area contributed by atoms with E-state index >= 15 is 0 Å².